The molecule has 1 fully saturated rings. The molecule has 0 spiro atoms. The maximum absolute atomic E-state index is 13.9. The van der Waals surface area contributed by atoms with E-state index < -0.39 is 11.6 Å². The molecule has 1 aliphatic rings. The summed E-state index contributed by atoms with van der Waals surface area (Å²) in [6.07, 6.45) is 0. The van der Waals surface area contributed by atoms with Gasteiger partial charge in [0, 0.05) is 37.8 Å². The summed E-state index contributed by atoms with van der Waals surface area (Å²) in [6.45, 7) is 7.06. The van der Waals surface area contributed by atoms with Crippen LogP contribution in [-0.2, 0) is 0 Å². The number of rotatable bonds is 2. The number of hydrogen-bond acceptors (Lipinski definition) is 2. The molecular weight excluding hydrogens is 258 g/mol. The highest BCUT2D eigenvalue weighted by Gasteiger charge is 2.22. The first-order valence-electron chi connectivity index (χ1n) is 6.00. The van der Waals surface area contributed by atoms with Crippen LogP contribution in [0.1, 0.15) is 24.1 Å². The normalized spacial score (nSPS) is 18.2. The maximum Gasteiger partial charge on any atom is 0.163 e. The highest BCUT2D eigenvalue weighted by Crippen LogP contribution is 2.26. The third kappa shape index (κ3) is 2.99. The first kappa shape index (κ1) is 15.3. The molecule has 1 aliphatic heterocycles. The van der Waals surface area contributed by atoms with Crippen molar-refractivity contribution in [2.24, 2.45) is 0 Å². The molecule has 1 atom stereocenters. The van der Waals surface area contributed by atoms with Crippen molar-refractivity contribution in [3.05, 3.63) is 34.9 Å². The van der Waals surface area contributed by atoms with Crippen molar-refractivity contribution in [3.8, 4) is 0 Å². The fourth-order valence-electron chi connectivity index (χ4n) is 2.25. The predicted octanol–water partition coefficient (Wildman–Crippen LogP) is 2.66. The molecule has 0 aromatic heterocycles. The number of aryl methyl sites for hydroxylation is 1. The van der Waals surface area contributed by atoms with E-state index in [1.165, 1.54) is 0 Å². The van der Waals surface area contributed by atoms with Crippen LogP contribution in [-0.4, -0.2) is 31.1 Å². The molecule has 2 nitrogen and oxygen atoms in total. The van der Waals surface area contributed by atoms with Crippen molar-refractivity contribution in [1.82, 2.24) is 10.2 Å². The Morgan fingerprint density at radius 2 is 1.78 bits per heavy atom. The molecule has 1 heterocycles. The van der Waals surface area contributed by atoms with E-state index in [2.05, 4.69) is 10.2 Å². The van der Waals surface area contributed by atoms with Crippen molar-refractivity contribution in [2.75, 3.05) is 26.2 Å². The maximum atomic E-state index is 13.9. The molecule has 1 aromatic carbocycles. The van der Waals surface area contributed by atoms with Crippen LogP contribution in [0, 0.1) is 18.6 Å². The van der Waals surface area contributed by atoms with Gasteiger partial charge in [-0.25, -0.2) is 8.78 Å². The van der Waals surface area contributed by atoms with E-state index in [9.17, 15) is 8.78 Å². The fourth-order valence-corrected chi connectivity index (χ4v) is 2.25. The van der Waals surface area contributed by atoms with Gasteiger partial charge in [0.15, 0.2) is 11.6 Å². The lowest BCUT2D eigenvalue weighted by molar-refractivity contribution is 0.181. The van der Waals surface area contributed by atoms with Gasteiger partial charge < -0.3 is 5.32 Å². The highest BCUT2D eigenvalue weighted by atomic mass is 35.5. The molecule has 0 amide bonds. The van der Waals surface area contributed by atoms with Gasteiger partial charge in [-0.1, -0.05) is 12.1 Å². The van der Waals surface area contributed by atoms with Crippen molar-refractivity contribution in [1.29, 1.82) is 0 Å². The lowest BCUT2D eigenvalue weighted by atomic mass is 10.0. The van der Waals surface area contributed by atoms with Crippen LogP contribution < -0.4 is 5.32 Å². The van der Waals surface area contributed by atoms with Gasteiger partial charge in [0.2, 0.25) is 0 Å². The first-order valence-corrected chi connectivity index (χ1v) is 6.00. The van der Waals surface area contributed by atoms with Crippen molar-refractivity contribution in [3.63, 3.8) is 0 Å². The second-order valence-electron chi connectivity index (χ2n) is 4.56. The molecule has 0 unspecified atom stereocenters. The summed E-state index contributed by atoms with van der Waals surface area (Å²) in [4.78, 5) is 2.17. The summed E-state index contributed by atoms with van der Waals surface area (Å²) in [5, 5.41) is 3.25. The third-order valence-corrected chi connectivity index (χ3v) is 3.45. The number of halogens is 3. The predicted molar refractivity (Wildman–Crippen MR) is 71.2 cm³/mol. The van der Waals surface area contributed by atoms with E-state index in [0.717, 1.165) is 26.2 Å². The van der Waals surface area contributed by atoms with E-state index in [-0.39, 0.29) is 18.4 Å². The Kier molecular flexibility index (Phi) is 5.50. The Morgan fingerprint density at radius 3 is 2.39 bits per heavy atom. The van der Waals surface area contributed by atoms with Gasteiger partial charge in [-0.2, -0.15) is 0 Å². The zero-order valence-electron chi connectivity index (χ0n) is 10.7. The molecule has 5 heteroatoms. The van der Waals surface area contributed by atoms with Gasteiger partial charge in [0.05, 0.1) is 0 Å². The standard InChI is InChI=1S/C13H18F2N2.ClH/c1-9-3-4-11(13(15)12(9)14)10(2)17-7-5-16-6-8-17;/h3-4,10,16H,5-8H2,1-2H3;1H/t10-;/m0./s1. The van der Waals surface area contributed by atoms with E-state index in [4.69, 9.17) is 0 Å². The Morgan fingerprint density at radius 1 is 1.17 bits per heavy atom. The van der Waals surface area contributed by atoms with Gasteiger partial charge in [-0.15, -0.1) is 12.4 Å². The SMILES string of the molecule is Cc1ccc([C@H](C)N2CCNCC2)c(F)c1F.Cl. The van der Waals surface area contributed by atoms with Crippen LogP contribution in [0.5, 0.6) is 0 Å². The minimum absolute atomic E-state index is 0. The van der Waals surface area contributed by atoms with E-state index in [1.807, 2.05) is 6.92 Å². The molecule has 1 N–H and O–H groups in total. The Labute approximate surface area is 113 Å². The summed E-state index contributed by atoms with van der Waals surface area (Å²) in [5.74, 6) is -1.42. The van der Waals surface area contributed by atoms with Gasteiger partial charge in [0.1, 0.15) is 0 Å². The largest absolute Gasteiger partial charge is 0.314 e. The van der Waals surface area contributed by atoms with Crippen LogP contribution in [0.25, 0.3) is 0 Å². The first-order chi connectivity index (χ1) is 8.11. The molecule has 1 saturated heterocycles. The molecule has 102 valence electrons. The molecule has 1 aromatic rings. The zero-order chi connectivity index (χ0) is 12.4. The lowest BCUT2D eigenvalue weighted by Gasteiger charge is -2.33. The number of piperazine rings is 1. The van der Waals surface area contributed by atoms with E-state index in [0.29, 0.717) is 11.1 Å². The smallest absolute Gasteiger partial charge is 0.163 e. The third-order valence-electron chi connectivity index (χ3n) is 3.45. The topological polar surface area (TPSA) is 15.3 Å². The van der Waals surface area contributed by atoms with Crippen molar-refractivity contribution in [2.45, 2.75) is 19.9 Å². The summed E-state index contributed by atoms with van der Waals surface area (Å²) < 4.78 is 27.4. The average Bonchev–Trinajstić information content (AvgIpc) is 2.36. The number of nitrogens with one attached hydrogen (secondary N) is 1. The Bertz CT molecular complexity index is 406. The van der Waals surface area contributed by atoms with Crippen molar-refractivity contribution >= 4 is 12.4 Å². The highest BCUT2D eigenvalue weighted by molar-refractivity contribution is 5.85. The van der Waals surface area contributed by atoms with Gasteiger partial charge in [-0.3, -0.25) is 4.90 Å². The van der Waals surface area contributed by atoms with Gasteiger partial charge >= 0.3 is 0 Å². The molecule has 0 radical (unpaired) electrons. The average molecular weight is 277 g/mol. The monoisotopic (exact) mass is 276 g/mol. The molecule has 0 bridgehead atoms. The van der Waals surface area contributed by atoms with Gasteiger partial charge in [0.25, 0.3) is 0 Å². The zero-order valence-corrected chi connectivity index (χ0v) is 11.5. The molecule has 0 saturated carbocycles. The number of nitrogens with zero attached hydrogens (tertiary/aromatic N) is 1. The molecule has 2 rings (SSSR count). The minimum atomic E-state index is -0.718. The summed E-state index contributed by atoms with van der Waals surface area (Å²) in [5.41, 5.74) is 0.814. The van der Waals surface area contributed by atoms with Gasteiger partial charge in [-0.05, 0) is 19.4 Å². The van der Waals surface area contributed by atoms with Crippen LogP contribution in [0.2, 0.25) is 0 Å². The second kappa shape index (κ2) is 6.45. The molecular formula is C13H19ClF2N2. The quantitative estimate of drug-likeness (QED) is 0.893. The summed E-state index contributed by atoms with van der Waals surface area (Å²) in [6, 6.07) is 3.26. The Balaban J connectivity index is 0.00000162. The minimum Gasteiger partial charge on any atom is -0.314 e. The van der Waals surface area contributed by atoms with Crippen LogP contribution >= 0.6 is 12.4 Å². The van der Waals surface area contributed by atoms with Crippen LogP contribution in [0.3, 0.4) is 0 Å². The number of benzene rings is 1. The second-order valence-corrected chi connectivity index (χ2v) is 4.56. The molecule has 0 aliphatic carbocycles. The van der Waals surface area contributed by atoms with Crippen molar-refractivity contribution < 1.29 is 8.78 Å². The van der Waals surface area contributed by atoms with Crippen LogP contribution in [0.4, 0.5) is 8.78 Å². The molecule has 18 heavy (non-hydrogen) atoms. The fraction of sp³-hybridized carbons (Fsp3) is 0.538. The number of hydrogen-bond donors (Lipinski definition) is 1. The van der Waals surface area contributed by atoms with E-state index >= 15 is 0 Å². The van der Waals surface area contributed by atoms with Crippen LogP contribution in [0.15, 0.2) is 12.1 Å². The summed E-state index contributed by atoms with van der Waals surface area (Å²) in [7, 11) is 0. The van der Waals surface area contributed by atoms with E-state index in [1.54, 1.807) is 19.1 Å². The summed E-state index contributed by atoms with van der Waals surface area (Å²) >= 11 is 0. The lowest BCUT2D eigenvalue weighted by Crippen LogP contribution is -2.44. The Hall–Kier alpha value is -0.710.